The molecule has 3 heteroatoms. The standard InChI is InChI=1S/C10H20N2O/c1-10(7-11-9-13)8-12-5-3-2-4-6-12/h9-10H,2-8H2,1H3,(H,11,13). The van der Waals surface area contributed by atoms with Gasteiger partial charge in [-0.15, -0.1) is 0 Å². The van der Waals surface area contributed by atoms with E-state index in [1.165, 1.54) is 32.4 Å². The summed E-state index contributed by atoms with van der Waals surface area (Å²) in [4.78, 5) is 12.6. The zero-order chi connectivity index (χ0) is 9.52. The first-order chi connectivity index (χ1) is 6.33. The predicted molar refractivity (Wildman–Crippen MR) is 53.5 cm³/mol. The summed E-state index contributed by atoms with van der Waals surface area (Å²) in [6.45, 7) is 6.60. The van der Waals surface area contributed by atoms with Gasteiger partial charge >= 0.3 is 0 Å². The molecule has 1 atom stereocenters. The van der Waals surface area contributed by atoms with E-state index in [1.54, 1.807) is 0 Å². The van der Waals surface area contributed by atoms with Crippen molar-refractivity contribution in [3.8, 4) is 0 Å². The monoisotopic (exact) mass is 184 g/mol. The molecule has 0 aromatic rings. The van der Waals surface area contributed by atoms with Crippen molar-refractivity contribution in [3.05, 3.63) is 0 Å². The van der Waals surface area contributed by atoms with E-state index in [0.29, 0.717) is 5.92 Å². The molecule has 13 heavy (non-hydrogen) atoms. The molecular formula is C10H20N2O. The Kier molecular flexibility index (Phi) is 4.83. The van der Waals surface area contributed by atoms with Gasteiger partial charge in [0.15, 0.2) is 0 Å². The second kappa shape index (κ2) is 5.97. The molecule has 0 radical (unpaired) electrons. The maximum Gasteiger partial charge on any atom is 0.207 e. The number of nitrogens with one attached hydrogen (secondary N) is 1. The van der Waals surface area contributed by atoms with Crippen molar-refractivity contribution in [3.63, 3.8) is 0 Å². The lowest BCUT2D eigenvalue weighted by Gasteiger charge is -2.28. The van der Waals surface area contributed by atoms with Crippen LogP contribution in [0.4, 0.5) is 0 Å². The number of carbonyl (C=O) groups is 1. The molecule has 1 amide bonds. The van der Waals surface area contributed by atoms with Crippen LogP contribution < -0.4 is 5.32 Å². The molecule has 1 unspecified atom stereocenters. The van der Waals surface area contributed by atoms with E-state index in [1.807, 2.05) is 0 Å². The Morgan fingerprint density at radius 2 is 2.08 bits per heavy atom. The summed E-state index contributed by atoms with van der Waals surface area (Å²) >= 11 is 0. The molecule has 0 aromatic carbocycles. The Bertz CT molecular complexity index is 144. The number of amides is 1. The van der Waals surface area contributed by atoms with Crippen LogP contribution in [0.1, 0.15) is 26.2 Å². The SMILES string of the molecule is CC(CNC=O)CN1CCCCC1. The van der Waals surface area contributed by atoms with Crippen LogP contribution in [0.15, 0.2) is 0 Å². The van der Waals surface area contributed by atoms with Gasteiger partial charge in [0, 0.05) is 13.1 Å². The highest BCUT2D eigenvalue weighted by atomic mass is 16.1. The topological polar surface area (TPSA) is 32.3 Å². The fourth-order valence-electron chi connectivity index (χ4n) is 1.90. The summed E-state index contributed by atoms with van der Waals surface area (Å²) in [6, 6.07) is 0. The van der Waals surface area contributed by atoms with Gasteiger partial charge in [0.25, 0.3) is 0 Å². The highest BCUT2D eigenvalue weighted by Crippen LogP contribution is 2.10. The van der Waals surface area contributed by atoms with Crippen LogP contribution in [0.5, 0.6) is 0 Å². The number of rotatable bonds is 5. The van der Waals surface area contributed by atoms with Crippen LogP contribution in [-0.4, -0.2) is 37.5 Å². The highest BCUT2D eigenvalue weighted by molar-refractivity contribution is 5.45. The third-order valence-corrected chi connectivity index (χ3v) is 2.57. The zero-order valence-corrected chi connectivity index (χ0v) is 8.46. The molecule has 1 N–H and O–H groups in total. The minimum absolute atomic E-state index is 0.572. The summed E-state index contributed by atoms with van der Waals surface area (Å²) in [5, 5.41) is 2.73. The van der Waals surface area contributed by atoms with E-state index in [2.05, 4.69) is 17.1 Å². The molecule has 1 fully saturated rings. The molecule has 0 saturated carbocycles. The van der Waals surface area contributed by atoms with E-state index in [-0.39, 0.29) is 0 Å². The first-order valence-corrected chi connectivity index (χ1v) is 5.22. The third kappa shape index (κ3) is 4.27. The maximum atomic E-state index is 10.1. The van der Waals surface area contributed by atoms with Crippen LogP contribution in [0, 0.1) is 5.92 Å². The van der Waals surface area contributed by atoms with Crippen LogP contribution in [0.25, 0.3) is 0 Å². The smallest absolute Gasteiger partial charge is 0.207 e. The number of carbonyl (C=O) groups excluding carboxylic acids is 1. The molecule has 1 rings (SSSR count). The van der Waals surface area contributed by atoms with Crippen molar-refractivity contribution < 1.29 is 4.79 Å². The van der Waals surface area contributed by atoms with Gasteiger partial charge in [-0.05, 0) is 31.8 Å². The van der Waals surface area contributed by atoms with E-state index in [9.17, 15) is 4.79 Å². The molecule has 0 spiro atoms. The normalized spacial score (nSPS) is 21.0. The second-order valence-corrected chi connectivity index (χ2v) is 3.99. The molecule has 1 heterocycles. The van der Waals surface area contributed by atoms with E-state index >= 15 is 0 Å². The first-order valence-electron chi connectivity index (χ1n) is 5.22. The molecule has 1 saturated heterocycles. The quantitative estimate of drug-likeness (QED) is 0.643. The Labute approximate surface area is 80.5 Å². The van der Waals surface area contributed by atoms with Gasteiger partial charge in [-0.1, -0.05) is 13.3 Å². The van der Waals surface area contributed by atoms with Crippen molar-refractivity contribution >= 4 is 6.41 Å². The minimum Gasteiger partial charge on any atom is -0.358 e. The van der Waals surface area contributed by atoms with Crippen molar-refractivity contribution in [1.82, 2.24) is 10.2 Å². The number of likely N-dealkylation sites (tertiary alicyclic amines) is 1. The molecule has 76 valence electrons. The largest absolute Gasteiger partial charge is 0.358 e. The summed E-state index contributed by atoms with van der Waals surface area (Å²) in [5.41, 5.74) is 0. The van der Waals surface area contributed by atoms with Crippen molar-refractivity contribution in [2.45, 2.75) is 26.2 Å². The number of nitrogens with zero attached hydrogens (tertiary/aromatic N) is 1. The minimum atomic E-state index is 0.572. The molecular weight excluding hydrogens is 164 g/mol. The lowest BCUT2D eigenvalue weighted by molar-refractivity contribution is -0.109. The Balaban J connectivity index is 2.10. The predicted octanol–water partition coefficient (Wildman–Crippen LogP) is 0.854. The zero-order valence-electron chi connectivity index (χ0n) is 8.46. The van der Waals surface area contributed by atoms with Gasteiger partial charge < -0.3 is 10.2 Å². The van der Waals surface area contributed by atoms with Crippen molar-refractivity contribution in [2.24, 2.45) is 5.92 Å². The Morgan fingerprint density at radius 3 is 2.69 bits per heavy atom. The number of piperidine rings is 1. The van der Waals surface area contributed by atoms with E-state index in [4.69, 9.17) is 0 Å². The average molecular weight is 184 g/mol. The lowest BCUT2D eigenvalue weighted by atomic mass is 10.1. The van der Waals surface area contributed by atoms with Gasteiger partial charge in [-0.3, -0.25) is 4.79 Å². The van der Waals surface area contributed by atoms with Gasteiger partial charge in [-0.2, -0.15) is 0 Å². The molecule has 0 aliphatic carbocycles. The van der Waals surface area contributed by atoms with Crippen molar-refractivity contribution in [1.29, 1.82) is 0 Å². The van der Waals surface area contributed by atoms with Gasteiger partial charge in [0.2, 0.25) is 6.41 Å². The molecule has 3 nitrogen and oxygen atoms in total. The number of hydrogen-bond acceptors (Lipinski definition) is 2. The van der Waals surface area contributed by atoms with Crippen molar-refractivity contribution in [2.75, 3.05) is 26.2 Å². The maximum absolute atomic E-state index is 10.1. The molecule has 1 aliphatic rings. The Morgan fingerprint density at radius 1 is 1.38 bits per heavy atom. The number of hydrogen-bond donors (Lipinski definition) is 1. The fourth-order valence-corrected chi connectivity index (χ4v) is 1.90. The molecule has 1 aliphatic heterocycles. The summed E-state index contributed by atoms with van der Waals surface area (Å²) in [6.07, 6.45) is 4.85. The van der Waals surface area contributed by atoms with Crippen LogP contribution in [-0.2, 0) is 4.79 Å². The van der Waals surface area contributed by atoms with E-state index < -0.39 is 0 Å². The summed E-state index contributed by atoms with van der Waals surface area (Å²) in [5.74, 6) is 0.572. The van der Waals surface area contributed by atoms with Crippen LogP contribution in [0.2, 0.25) is 0 Å². The van der Waals surface area contributed by atoms with Crippen LogP contribution in [0.3, 0.4) is 0 Å². The van der Waals surface area contributed by atoms with Gasteiger partial charge in [0.05, 0.1) is 0 Å². The van der Waals surface area contributed by atoms with E-state index in [0.717, 1.165) is 19.5 Å². The highest BCUT2D eigenvalue weighted by Gasteiger charge is 2.12. The fraction of sp³-hybridized carbons (Fsp3) is 0.900. The van der Waals surface area contributed by atoms with Gasteiger partial charge in [0.1, 0.15) is 0 Å². The summed E-state index contributed by atoms with van der Waals surface area (Å²) in [7, 11) is 0. The van der Waals surface area contributed by atoms with Crippen LogP contribution >= 0.6 is 0 Å². The average Bonchev–Trinajstić information content (AvgIpc) is 2.16. The molecule has 0 bridgehead atoms. The third-order valence-electron chi connectivity index (χ3n) is 2.57. The van der Waals surface area contributed by atoms with Gasteiger partial charge in [-0.25, -0.2) is 0 Å². The summed E-state index contributed by atoms with van der Waals surface area (Å²) < 4.78 is 0. The molecule has 0 aromatic heterocycles. The lowest BCUT2D eigenvalue weighted by Crippen LogP contribution is -2.36. The second-order valence-electron chi connectivity index (χ2n) is 3.99. The first kappa shape index (κ1) is 10.5. The Hall–Kier alpha value is -0.570.